The zero-order valence-corrected chi connectivity index (χ0v) is 12.1. The monoisotopic (exact) mass is 261 g/mol. The van der Waals surface area contributed by atoms with Gasteiger partial charge in [0.15, 0.2) is 5.65 Å². The number of nitrogen functional groups attached to an aromatic ring is 1. The molecule has 0 radical (unpaired) electrons. The minimum atomic E-state index is 0.429. The van der Waals surface area contributed by atoms with Crippen LogP contribution in [0.1, 0.15) is 45.2 Å². The van der Waals surface area contributed by atoms with Crippen LogP contribution in [0.2, 0.25) is 0 Å². The number of nitrogens with zero attached hydrogens (tertiary/aromatic N) is 4. The van der Waals surface area contributed by atoms with Crippen LogP contribution in [0.15, 0.2) is 0 Å². The third kappa shape index (κ3) is 1.75. The molecule has 5 heteroatoms. The van der Waals surface area contributed by atoms with Crippen molar-refractivity contribution in [3.8, 4) is 0 Å². The predicted molar refractivity (Wildman–Crippen MR) is 76.9 cm³/mol. The molecule has 19 heavy (non-hydrogen) atoms. The lowest BCUT2D eigenvalue weighted by Crippen LogP contribution is -2.34. The molecule has 0 bridgehead atoms. The van der Waals surface area contributed by atoms with Crippen molar-refractivity contribution in [2.45, 2.75) is 59.5 Å². The lowest BCUT2D eigenvalue weighted by atomic mass is 9.67. The van der Waals surface area contributed by atoms with Gasteiger partial charge in [-0.05, 0) is 38.5 Å². The fourth-order valence-electron chi connectivity index (χ4n) is 3.25. The summed E-state index contributed by atoms with van der Waals surface area (Å²) in [5, 5.41) is 4.55. The highest BCUT2D eigenvalue weighted by molar-refractivity contribution is 5.77. The molecule has 1 aliphatic rings. The van der Waals surface area contributed by atoms with Gasteiger partial charge in [0.25, 0.3) is 0 Å². The third-order valence-corrected chi connectivity index (χ3v) is 4.79. The molecule has 0 atom stereocenters. The van der Waals surface area contributed by atoms with Crippen molar-refractivity contribution < 1.29 is 0 Å². The van der Waals surface area contributed by atoms with Crippen LogP contribution in [0.25, 0.3) is 11.2 Å². The Morgan fingerprint density at radius 2 is 2.05 bits per heavy atom. The molecule has 2 aromatic rings. The highest BCUT2D eigenvalue weighted by Gasteiger charge is 2.36. The number of hydrogen-bond donors (Lipinski definition) is 1. The maximum atomic E-state index is 6.14. The van der Waals surface area contributed by atoms with E-state index in [1.54, 1.807) is 0 Å². The average Bonchev–Trinajstić information content (AvgIpc) is 2.83. The van der Waals surface area contributed by atoms with Gasteiger partial charge in [-0.3, -0.25) is 4.57 Å². The average molecular weight is 261 g/mol. The van der Waals surface area contributed by atoms with Crippen molar-refractivity contribution in [3.63, 3.8) is 0 Å². The number of nitrogens with two attached hydrogens (primary N) is 1. The third-order valence-electron chi connectivity index (χ3n) is 4.79. The molecule has 0 saturated heterocycles. The first-order valence-electron chi connectivity index (χ1n) is 7.29. The molecule has 104 valence electrons. The fraction of sp³-hybridized carbons (Fsp3) is 0.714. The Kier molecular flexibility index (Phi) is 2.80. The van der Waals surface area contributed by atoms with Crippen molar-refractivity contribution in [1.82, 2.24) is 19.3 Å². The number of rotatable bonds is 4. The van der Waals surface area contributed by atoms with E-state index in [1.807, 2.05) is 11.6 Å². The van der Waals surface area contributed by atoms with E-state index in [1.165, 1.54) is 25.7 Å². The van der Waals surface area contributed by atoms with E-state index in [0.717, 1.165) is 29.9 Å². The normalized spacial score (nSPS) is 17.8. The lowest BCUT2D eigenvalue weighted by Gasteiger charge is -2.41. The molecule has 2 heterocycles. The number of fused-ring (bicyclic) bond motifs is 1. The Hall–Kier alpha value is -1.52. The van der Waals surface area contributed by atoms with Gasteiger partial charge in [-0.15, -0.1) is 0 Å². The second-order valence-corrected chi connectivity index (χ2v) is 5.84. The van der Waals surface area contributed by atoms with E-state index in [9.17, 15) is 0 Å². The Balaban J connectivity index is 2.09. The van der Waals surface area contributed by atoms with Gasteiger partial charge in [-0.2, -0.15) is 5.10 Å². The second kappa shape index (κ2) is 4.25. The first-order chi connectivity index (χ1) is 9.10. The fourth-order valence-corrected chi connectivity index (χ4v) is 3.25. The van der Waals surface area contributed by atoms with Crippen LogP contribution >= 0.6 is 0 Å². The predicted octanol–water partition coefficient (Wildman–Crippen LogP) is 2.72. The van der Waals surface area contributed by atoms with Gasteiger partial charge in [-0.25, -0.2) is 9.67 Å². The van der Waals surface area contributed by atoms with Gasteiger partial charge < -0.3 is 5.73 Å². The van der Waals surface area contributed by atoms with E-state index in [0.29, 0.717) is 11.4 Å². The van der Waals surface area contributed by atoms with Crippen LogP contribution in [-0.2, 0) is 13.1 Å². The lowest BCUT2D eigenvalue weighted by molar-refractivity contribution is 0.102. The summed E-state index contributed by atoms with van der Waals surface area (Å²) in [6.45, 7) is 8.24. The van der Waals surface area contributed by atoms with Gasteiger partial charge in [-0.1, -0.05) is 13.3 Å². The second-order valence-electron chi connectivity index (χ2n) is 5.84. The summed E-state index contributed by atoms with van der Waals surface area (Å²) < 4.78 is 4.21. The van der Waals surface area contributed by atoms with Gasteiger partial charge >= 0.3 is 0 Å². The highest BCUT2D eigenvalue weighted by atomic mass is 15.4. The van der Waals surface area contributed by atoms with Gasteiger partial charge in [0.1, 0.15) is 5.52 Å². The summed E-state index contributed by atoms with van der Waals surface area (Å²) in [4.78, 5) is 4.52. The number of imidazole rings is 1. The molecule has 0 amide bonds. The number of hydrogen-bond acceptors (Lipinski definition) is 3. The molecule has 0 aliphatic heterocycles. The zero-order chi connectivity index (χ0) is 13.6. The molecule has 5 nitrogen and oxygen atoms in total. The molecule has 0 aromatic carbocycles. The molecule has 0 spiro atoms. The summed E-state index contributed by atoms with van der Waals surface area (Å²) in [7, 11) is 0. The highest BCUT2D eigenvalue weighted by Crippen LogP contribution is 2.46. The van der Waals surface area contributed by atoms with Crippen LogP contribution < -0.4 is 5.73 Å². The zero-order valence-electron chi connectivity index (χ0n) is 12.1. The molecule has 3 rings (SSSR count). The van der Waals surface area contributed by atoms with E-state index >= 15 is 0 Å². The summed E-state index contributed by atoms with van der Waals surface area (Å²) in [5.74, 6) is 0.637. The van der Waals surface area contributed by atoms with Crippen LogP contribution in [0, 0.1) is 12.3 Å². The Morgan fingerprint density at radius 1 is 1.32 bits per heavy atom. The van der Waals surface area contributed by atoms with E-state index in [2.05, 4.69) is 28.5 Å². The van der Waals surface area contributed by atoms with Crippen molar-refractivity contribution in [3.05, 3.63) is 5.69 Å². The SMILES string of the molecule is CCn1nc(C)c2nc(N)n(CC3(CC)CCC3)c21. The van der Waals surface area contributed by atoms with Crippen LogP contribution in [0.4, 0.5) is 5.95 Å². The standard InChI is InChI=1S/C14H23N5/c1-4-14(7-6-8-14)9-18-12-11(16-13(18)15)10(3)17-19(12)5-2/h4-9H2,1-3H3,(H2,15,16). The Bertz CT molecular complexity index is 597. The maximum absolute atomic E-state index is 6.14. The molecule has 0 unspecified atom stereocenters. The molecule has 1 aliphatic carbocycles. The van der Waals surface area contributed by atoms with Gasteiger partial charge in [0.05, 0.1) is 5.69 Å². The first-order valence-corrected chi connectivity index (χ1v) is 7.29. The van der Waals surface area contributed by atoms with Crippen LogP contribution in [0.3, 0.4) is 0 Å². The topological polar surface area (TPSA) is 61.7 Å². The quantitative estimate of drug-likeness (QED) is 0.920. The smallest absolute Gasteiger partial charge is 0.202 e. The van der Waals surface area contributed by atoms with Crippen molar-refractivity contribution >= 4 is 17.1 Å². The number of anilines is 1. The maximum Gasteiger partial charge on any atom is 0.202 e. The van der Waals surface area contributed by atoms with E-state index < -0.39 is 0 Å². The largest absolute Gasteiger partial charge is 0.369 e. The molecule has 2 aromatic heterocycles. The number of aryl methyl sites for hydroxylation is 2. The van der Waals surface area contributed by atoms with Crippen molar-refractivity contribution in [2.24, 2.45) is 5.41 Å². The van der Waals surface area contributed by atoms with Crippen LogP contribution in [-0.4, -0.2) is 19.3 Å². The summed E-state index contributed by atoms with van der Waals surface area (Å²) in [6.07, 6.45) is 5.17. The Morgan fingerprint density at radius 3 is 2.58 bits per heavy atom. The van der Waals surface area contributed by atoms with E-state index in [-0.39, 0.29) is 0 Å². The van der Waals surface area contributed by atoms with E-state index in [4.69, 9.17) is 5.73 Å². The van der Waals surface area contributed by atoms with Gasteiger partial charge in [0, 0.05) is 13.1 Å². The first kappa shape index (κ1) is 12.5. The van der Waals surface area contributed by atoms with Crippen molar-refractivity contribution in [1.29, 1.82) is 0 Å². The molecule has 2 N–H and O–H groups in total. The number of aromatic nitrogens is 4. The minimum absolute atomic E-state index is 0.429. The molecular formula is C14H23N5. The minimum Gasteiger partial charge on any atom is -0.369 e. The Labute approximate surface area is 113 Å². The molecule has 1 saturated carbocycles. The van der Waals surface area contributed by atoms with Gasteiger partial charge in [0.2, 0.25) is 5.95 Å². The summed E-state index contributed by atoms with van der Waals surface area (Å²) in [6, 6.07) is 0. The molecular weight excluding hydrogens is 238 g/mol. The summed E-state index contributed by atoms with van der Waals surface area (Å²) >= 11 is 0. The molecule has 1 fully saturated rings. The van der Waals surface area contributed by atoms with Crippen LogP contribution in [0.5, 0.6) is 0 Å². The van der Waals surface area contributed by atoms with Crippen molar-refractivity contribution in [2.75, 3.05) is 5.73 Å². The summed E-state index contributed by atoms with van der Waals surface area (Å²) in [5.41, 5.74) is 9.60.